The van der Waals surface area contributed by atoms with E-state index in [2.05, 4.69) is 14.8 Å². The zero-order valence-corrected chi connectivity index (χ0v) is 13.0. The summed E-state index contributed by atoms with van der Waals surface area (Å²) in [7, 11) is -1.84. The molecule has 112 valence electrons. The lowest BCUT2D eigenvalue weighted by molar-refractivity contribution is 0.498. The van der Waals surface area contributed by atoms with Crippen molar-refractivity contribution >= 4 is 21.6 Å². The molecule has 0 aromatic carbocycles. The summed E-state index contributed by atoms with van der Waals surface area (Å²) in [6.45, 7) is 0. The Morgan fingerprint density at radius 1 is 1.48 bits per heavy atom. The smallest absolute Gasteiger partial charge is 0.244 e. The number of rotatable bonds is 3. The molecule has 0 saturated heterocycles. The predicted octanol–water partition coefficient (Wildman–Crippen LogP) is 1.82. The maximum absolute atomic E-state index is 12.5. The summed E-state index contributed by atoms with van der Waals surface area (Å²) in [6, 6.07) is 2.73. The van der Waals surface area contributed by atoms with Crippen LogP contribution in [-0.4, -0.2) is 23.2 Å². The summed E-state index contributed by atoms with van der Waals surface area (Å²) in [5, 5.41) is 4.19. The number of aryl methyl sites for hydroxylation is 1. The van der Waals surface area contributed by atoms with Gasteiger partial charge in [0.1, 0.15) is 10.0 Å². The molecule has 1 aliphatic rings. The molecule has 1 aliphatic carbocycles. The van der Waals surface area contributed by atoms with Crippen molar-refractivity contribution in [2.75, 3.05) is 0 Å². The van der Waals surface area contributed by atoms with Gasteiger partial charge in [-0.15, -0.1) is 0 Å². The van der Waals surface area contributed by atoms with Gasteiger partial charge in [0, 0.05) is 24.5 Å². The third-order valence-electron chi connectivity index (χ3n) is 3.69. The molecule has 0 fully saturated rings. The van der Waals surface area contributed by atoms with Crippen molar-refractivity contribution in [2.24, 2.45) is 7.05 Å². The lowest BCUT2D eigenvalue weighted by atomic mass is 9.94. The van der Waals surface area contributed by atoms with Crippen LogP contribution in [0.1, 0.15) is 30.1 Å². The Balaban J connectivity index is 1.93. The lowest BCUT2D eigenvalue weighted by Crippen LogP contribution is -2.31. The molecule has 0 spiro atoms. The van der Waals surface area contributed by atoms with Gasteiger partial charge >= 0.3 is 0 Å². The van der Waals surface area contributed by atoms with Gasteiger partial charge in [-0.05, 0) is 31.4 Å². The van der Waals surface area contributed by atoms with Crippen LogP contribution < -0.4 is 4.72 Å². The first-order chi connectivity index (χ1) is 9.99. The summed E-state index contributed by atoms with van der Waals surface area (Å²) in [4.78, 5) is 3.82. The number of nitrogens with zero attached hydrogens (tertiary/aromatic N) is 3. The second-order valence-corrected chi connectivity index (χ2v) is 7.07. The molecular formula is C13H15ClN4O2S. The molecule has 2 aromatic rings. The highest BCUT2D eigenvalue weighted by molar-refractivity contribution is 7.89. The van der Waals surface area contributed by atoms with Crippen molar-refractivity contribution in [3.05, 3.63) is 40.9 Å². The molecule has 1 unspecified atom stereocenters. The van der Waals surface area contributed by atoms with Gasteiger partial charge in [0.15, 0.2) is 0 Å². The fourth-order valence-corrected chi connectivity index (χ4v) is 4.35. The minimum atomic E-state index is -3.71. The number of fused-ring (bicyclic) bond motifs is 1. The first-order valence-electron chi connectivity index (χ1n) is 6.62. The molecular weight excluding hydrogens is 312 g/mol. The standard InChI is InChI=1S/C13H15ClN4O2S/c1-18-11-5-2-4-10(9(11)8-16-18)17-21(19,20)12-6-3-7-15-13(12)14/h3,6-8,10,17H,2,4-5H2,1H3. The Kier molecular flexibility index (Phi) is 3.73. The van der Waals surface area contributed by atoms with Crippen LogP contribution in [0.3, 0.4) is 0 Å². The molecule has 2 heterocycles. The molecule has 0 radical (unpaired) electrons. The van der Waals surface area contributed by atoms with E-state index in [0.29, 0.717) is 0 Å². The van der Waals surface area contributed by atoms with E-state index in [4.69, 9.17) is 11.6 Å². The highest BCUT2D eigenvalue weighted by Crippen LogP contribution is 2.31. The number of halogens is 1. The summed E-state index contributed by atoms with van der Waals surface area (Å²) in [6.07, 6.45) is 5.77. The quantitative estimate of drug-likeness (QED) is 0.873. The second kappa shape index (κ2) is 5.40. The molecule has 1 atom stereocenters. The van der Waals surface area contributed by atoms with Gasteiger partial charge in [-0.25, -0.2) is 18.1 Å². The Hall–Kier alpha value is -1.44. The number of nitrogens with one attached hydrogen (secondary N) is 1. The zero-order valence-electron chi connectivity index (χ0n) is 11.5. The first kappa shape index (κ1) is 14.5. The minimum Gasteiger partial charge on any atom is -0.272 e. The van der Waals surface area contributed by atoms with E-state index in [-0.39, 0.29) is 16.1 Å². The van der Waals surface area contributed by atoms with Crippen LogP contribution in [0.25, 0.3) is 0 Å². The van der Waals surface area contributed by atoms with Crippen molar-refractivity contribution in [3.8, 4) is 0 Å². The Bertz CT molecular complexity index is 772. The van der Waals surface area contributed by atoms with Gasteiger partial charge in [0.25, 0.3) is 0 Å². The second-order valence-electron chi connectivity index (χ2n) is 5.03. The fraction of sp³-hybridized carbons (Fsp3) is 0.385. The zero-order chi connectivity index (χ0) is 15.0. The molecule has 1 N–H and O–H groups in total. The third-order valence-corrected chi connectivity index (χ3v) is 5.60. The normalized spacial score (nSPS) is 18.5. The monoisotopic (exact) mass is 326 g/mol. The molecule has 3 rings (SSSR count). The number of pyridine rings is 1. The van der Waals surface area contributed by atoms with Crippen LogP contribution >= 0.6 is 11.6 Å². The van der Waals surface area contributed by atoms with Crippen molar-refractivity contribution in [2.45, 2.75) is 30.2 Å². The number of aromatic nitrogens is 3. The van der Waals surface area contributed by atoms with E-state index < -0.39 is 10.0 Å². The molecule has 8 heteroatoms. The Morgan fingerprint density at radius 3 is 3.05 bits per heavy atom. The highest BCUT2D eigenvalue weighted by Gasteiger charge is 2.29. The van der Waals surface area contributed by atoms with Gasteiger partial charge in [-0.2, -0.15) is 5.10 Å². The summed E-state index contributed by atoms with van der Waals surface area (Å²) in [5.74, 6) is 0. The third kappa shape index (κ3) is 2.68. The number of hydrogen-bond donors (Lipinski definition) is 1. The maximum Gasteiger partial charge on any atom is 0.244 e. The van der Waals surface area contributed by atoms with Crippen molar-refractivity contribution in [1.29, 1.82) is 0 Å². The predicted molar refractivity (Wildman–Crippen MR) is 78.5 cm³/mol. The number of hydrogen-bond acceptors (Lipinski definition) is 4. The molecule has 0 aliphatic heterocycles. The van der Waals surface area contributed by atoms with Crippen LogP contribution in [0, 0.1) is 0 Å². The minimum absolute atomic E-state index is 0.00248. The average molecular weight is 327 g/mol. The van der Waals surface area contributed by atoms with E-state index in [9.17, 15) is 8.42 Å². The molecule has 6 nitrogen and oxygen atoms in total. The summed E-state index contributed by atoms with van der Waals surface area (Å²) < 4.78 is 29.5. The van der Waals surface area contributed by atoms with E-state index in [1.807, 2.05) is 7.05 Å². The molecule has 0 amide bonds. The van der Waals surface area contributed by atoms with Crippen LogP contribution in [0.5, 0.6) is 0 Å². The van der Waals surface area contributed by atoms with Crippen LogP contribution in [0.15, 0.2) is 29.4 Å². The van der Waals surface area contributed by atoms with Gasteiger partial charge in [-0.3, -0.25) is 4.68 Å². The highest BCUT2D eigenvalue weighted by atomic mass is 35.5. The largest absolute Gasteiger partial charge is 0.272 e. The van der Waals surface area contributed by atoms with Gasteiger partial charge < -0.3 is 0 Å². The topological polar surface area (TPSA) is 76.9 Å². The van der Waals surface area contributed by atoms with Gasteiger partial charge in [-0.1, -0.05) is 11.6 Å². The lowest BCUT2D eigenvalue weighted by Gasteiger charge is -2.23. The molecule has 21 heavy (non-hydrogen) atoms. The first-order valence-corrected chi connectivity index (χ1v) is 8.49. The molecule has 0 bridgehead atoms. The SMILES string of the molecule is Cn1ncc2c1CCCC2NS(=O)(=O)c1cccnc1Cl. The molecule has 0 saturated carbocycles. The fourth-order valence-electron chi connectivity index (χ4n) is 2.65. The summed E-state index contributed by atoms with van der Waals surface area (Å²) >= 11 is 5.88. The van der Waals surface area contributed by atoms with Crippen molar-refractivity contribution in [1.82, 2.24) is 19.5 Å². The van der Waals surface area contributed by atoms with Crippen molar-refractivity contribution < 1.29 is 8.42 Å². The van der Waals surface area contributed by atoms with Crippen LogP contribution in [-0.2, 0) is 23.5 Å². The number of sulfonamides is 1. The van der Waals surface area contributed by atoms with Crippen molar-refractivity contribution in [3.63, 3.8) is 0 Å². The van der Waals surface area contributed by atoms with Crippen LogP contribution in [0.4, 0.5) is 0 Å². The average Bonchev–Trinajstić information content (AvgIpc) is 2.82. The van der Waals surface area contributed by atoms with Crippen LogP contribution in [0.2, 0.25) is 5.15 Å². The van der Waals surface area contributed by atoms with E-state index in [1.165, 1.54) is 12.3 Å². The van der Waals surface area contributed by atoms with Gasteiger partial charge in [0.05, 0.1) is 12.2 Å². The summed E-state index contributed by atoms with van der Waals surface area (Å²) in [5.41, 5.74) is 2.01. The maximum atomic E-state index is 12.5. The Morgan fingerprint density at radius 2 is 2.29 bits per heavy atom. The van der Waals surface area contributed by atoms with E-state index >= 15 is 0 Å². The molecule has 2 aromatic heterocycles. The van der Waals surface area contributed by atoms with E-state index in [1.54, 1.807) is 16.9 Å². The Labute approximate surface area is 128 Å². The van der Waals surface area contributed by atoms with Gasteiger partial charge in [0.2, 0.25) is 10.0 Å². The van der Waals surface area contributed by atoms with E-state index in [0.717, 1.165) is 30.5 Å².